The van der Waals surface area contributed by atoms with Gasteiger partial charge in [0.15, 0.2) is 0 Å². The molecule has 0 aromatic heterocycles. The Balaban J connectivity index is 3.45. The van der Waals surface area contributed by atoms with E-state index in [4.69, 9.17) is 5.11 Å². The van der Waals surface area contributed by atoms with Gasteiger partial charge in [0, 0.05) is 0 Å². The summed E-state index contributed by atoms with van der Waals surface area (Å²) in [5.41, 5.74) is 0.212. The van der Waals surface area contributed by atoms with E-state index in [9.17, 15) is 4.79 Å². The van der Waals surface area contributed by atoms with E-state index in [0.29, 0.717) is 12.7 Å². The van der Waals surface area contributed by atoms with Crippen molar-refractivity contribution in [2.45, 2.75) is 39.7 Å². The Morgan fingerprint density at radius 3 is 2.30 bits per heavy atom. The van der Waals surface area contributed by atoms with Crippen LogP contribution in [0.2, 0.25) is 0 Å². The van der Waals surface area contributed by atoms with Gasteiger partial charge in [-0.2, -0.15) is 0 Å². The number of aldehydes is 1. The molecule has 0 amide bonds. The summed E-state index contributed by atoms with van der Waals surface area (Å²) in [6.45, 7) is 6.26. The maximum atomic E-state index is 9.97. The molecule has 0 spiro atoms. The number of rotatable bonds is 3. The van der Waals surface area contributed by atoms with Crippen LogP contribution in [-0.2, 0) is 4.79 Å². The first-order chi connectivity index (χ1) is 4.45. The zero-order chi connectivity index (χ0) is 8.20. The van der Waals surface area contributed by atoms with Crippen LogP contribution in [0.15, 0.2) is 0 Å². The number of hydrogen-bond acceptors (Lipinski definition) is 2. The predicted octanol–water partition coefficient (Wildman–Crippen LogP) is 1.37. The van der Waals surface area contributed by atoms with Crippen molar-refractivity contribution in [1.29, 1.82) is 0 Å². The van der Waals surface area contributed by atoms with Gasteiger partial charge in [0.25, 0.3) is 0 Å². The molecule has 0 fully saturated rings. The van der Waals surface area contributed by atoms with Crippen LogP contribution >= 0.6 is 0 Å². The Labute approximate surface area is 62.2 Å². The van der Waals surface area contributed by atoms with Crippen LogP contribution in [-0.4, -0.2) is 17.5 Å². The van der Waals surface area contributed by atoms with Crippen LogP contribution in [0, 0.1) is 5.41 Å². The van der Waals surface area contributed by atoms with Gasteiger partial charge in [-0.25, -0.2) is 0 Å². The maximum Gasteiger partial charge on any atom is 0.148 e. The third-order valence-electron chi connectivity index (χ3n) is 1.35. The summed E-state index contributed by atoms with van der Waals surface area (Å²) in [6.07, 6.45) is 1.28. The van der Waals surface area contributed by atoms with Crippen molar-refractivity contribution in [2.75, 3.05) is 0 Å². The molecule has 0 aliphatic heterocycles. The van der Waals surface area contributed by atoms with Crippen molar-refractivity contribution in [3.63, 3.8) is 0 Å². The van der Waals surface area contributed by atoms with Crippen molar-refractivity contribution >= 4 is 6.29 Å². The second-order valence-corrected chi connectivity index (χ2v) is 3.80. The number of aliphatic hydroxyl groups excluding tert-OH is 1. The van der Waals surface area contributed by atoms with Gasteiger partial charge in [-0.3, -0.25) is 0 Å². The molecule has 0 radical (unpaired) electrons. The van der Waals surface area contributed by atoms with Gasteiger partial charge < -0.3 is 9.90 Å². The fraction of sp³-hybridized carbons (Fsp3) is 0.875. The summed E-state index contributed by atoms with van der Waals surface area (Å²) < 4.78 is 0. The Morgan fingerprint density at radius 1 is 1.50 bits per heavy atom. The molecule has 2 heteroatoms. The van der Waals surface area contributed by atoms with Crippen molar-refractivity contribution in [2.24, 2.45) is 5.41 Å². The number of hydrogen-bond donors (Lipinski definition) is 1. The molecule has 10 heavy (non-hydrogen) atoms. The molecule has 1 unspecified atom stereocenters. The van der Waals surface area contributed by atoms with Gasteiger partial charge in [0.2, 0.25) is 0 Å². The first kappa shape index (κ1) is 9.63. The van der Waals surface area contributed by atoms with Crippen LogP contribution < -0.4 is 0 Å². The van der Waals surface area contributed by atoms with Crippen LogP contribution in [0.25, 0.3) is 0 Å². The second-order valence-electron chi connectivity index (χ2n) is 3.80. The zero-order valence-electron chi connectivity index (χ0n) is 6.92. The molecule has 60 valence electrons. The zero-order valence-corrected chi connectivity index (χ0v) is 6.92. The van der Waals surface area contributed by atoms with Crippen molar-refractivity contribution in [3.8, 4) is 0 Å². The summed E-state index contributed by atoms with van der Waals surface area (Å²) in [7, 11) is 0. The normalized spacial score (nSPS) is 14.8. The van der Waals surface area contributed by atoms with Crippen molar-refractivity contribution < 1.29 is 9.90 Å². The summed E-state index contributed by atoms with van der Waals surface area (Å²) in [5.74, 6) is 0. The van der Waals surface area contributed by atoms with Crippen molar-refractivity contribution in [1.82, 2.24) is 0 Å². The lowest BCUT2D eigenvalue weighted by atomic mass is 9.89. The Hall–Kier alpha value is -0.370. The lowest BCUT2D eigenvalue weighted by Gasteiger charge is -2.17. The average Bonchev–Trinajstić information content (AvgIpc) is 1.81. The number of carbonyl (C=O) groups excluding carboxylic acids is 1. The topological polar surface area (TPSA) is 37.3 Å². The van der Waals surface area contributed by atoms with Gasteiger partial charge in [-0.1, -0.05) is 20.8 Å². The molecule has 0 aliphatic rings. The average molecular weight is 144 g/mol. The highest BCUT2D eigenvalue weighted by Crippen LogP contribution is 2.20. The van der Waals surface area contributed by atoms with Gasteiger partial charge in [-0.05, 0) is 18.3 Å². The molecular formula is C8H16O2. The molecule has 0 saturated heterocycles. The molecule has 0 heterocycles. The molecule has 0 aromatic carbocycles. The van der Waals surface area contributed by atoms with E-state index < -0.39 is 6.10 Å². The summed E-state index contributed by atoms with van der Waals surface area (Å²) >= 11 is 0. The highest BCUT2D eigenvalue weighted by molar-refractivity contribution is 5.55. The smallest absolute Gasteiger partial charge is 0.148 e. The molecule has 0 aliphatic carbocycles. The van der Waals surface area contributed by atoms with Gasteiger partial charge >= 0.3 is 0 Å². The number of carbonyl (C=O) groups is 1. The largest absolute Gasteiger partial charge is 0.386 e. The first-order valence-electron chi connectivity index (χ1n) is 3.59. The van der Waals surface area contributed by atoms with E-state index in [1.807, 2.05) is 0 Å². The van der Waals surface area contributed by atoms with Crippen LogP contribution in [0.4, 0.5) is 0 Å². The molecule has 1 N–H and O–H groups in total. The Kier molecular flexibility index (Phi) is 3.58. The minimum Gasteiger partial charge on any atom is -0.386 e. The molecule has 2 nitrogen and oxygen atoms in total. The minimum atomic E-state index is -0.765. The van der Waals surface area contributed by atoms with E-state index in [1.54, 1.807) is 0 Å². The van der Waals surface area contributed by atoms with E-state index in [1.165, 1.54) is 0 Å². The Bertz CT molecular complexity index is 102. The molecule has 0 saturated carbocycles. The third-order valence-corrected chi connectivity index (χ3v) is 1.35. The van der Waals surface area contributed by atoms with Crippen LogP contribution in [0.5, 0.6) is 0 Å². The van der Waals surface area contributed by atoms with Crippen molar-refractivity contribution in [3.05, 3.63) is 0 Å². The van der Waals surface area contributed by atoms with Gasteiger partial charge in [0.05, 0.1) is 0 Å². The summed E-state index contributed by atoms with van der Waals surface area (Å²) in [6, 6.07) is 0. The lowest BCUT2D eigenvalue weighted by molar-refractivity contribution is -0.115. The fourth-order valence-electron chi connectivity index (χ4n) is 0.649. The van der Waals surface area contributed by atoms with Gasteiger partial charge in [-0.15, -0.1) is 0 Å². The van der Waals surface area contributed by atoms with Crippen LogP contribution in [0.1, 0.15) is 33.6 Å². The SMILES string of the molecule is CC(C)(C)CCC(O)C=O. The van der Waals surface area contributed by atoms with Crippen LogP contribution in [0.3, 0.4) is 0 Å². The minimum absolute atomic E-state index is 0.212. The fourth-order valence-corrected chi connectivity index (χ4v) is 0.649. The second kappa shape index (κ2) is 3.71. The predicted molar refractivity (Wildman–Crippen MR) is 40.8 cm³/mol. The molecule has 1 atom stereocenters. The summed E-state index contributed by atoms with van der Waals surface area (Å²) in [4.78, 5) is 9.97. The molecule has 0 aromatic rings. The maximum absolute atomic E-state index is 9.97. The highest BCUT2D eigenvalue weighted by atomic mass is 16.3. The molecule has 0 bridgehead atoms. The first-order valence-corrected chi connectivity index (χ1v) is 3.59. The van der Waals surface area contributed by atoms with Gasteiger partial charge in [0.1, 0.15) is 12.4 Å². The quantitative estimate of drug-likeness (QED) is 0.607. The molecular weight excluding hydrogens is 128 g/mol. The molecule has 0 rings (SSSR count). The van der Waals surface area contributed by atoms with E-state index >= 15 is 0 Å². The van der Waals surface area contributed by atoms with E-state index in [-0.39, 0.29) is 5.41 Å². The monoisotopic (exact) mass is 144 g/mol. The van der Waals surface area contributed by atoms with E-state index in [0.717, 1.165) is 6.42 Å². The Morgan fingerprint density at radius 2 is 2.00 bits per heavy atom. The standard InChI is InChI=1S/C8H16O2/c1-8(2,3)5-4-7(10)6-9/h6-7,10H,4-5H2,1-3H3. The third kappa shape index (κ3) is 5.76. The lowest BCUT2D eigenvalue weighted by Crippen LogP contribution is -2.13. The van der Waals surface area contributed by atoms with E-state index in [2.05, 4.69) is 20.8 Å². The summed E-state index contributed by atoms with van der Waals surface area (Å²) in [5, 5.41) is 8.85. The number of aliphatic hydroxyl groups is 1. The highest BCUT2D eigenvalue weighted by Gasteiger charge is 2.12.